The third-order valence-electron chi connectivity index (χ3n) is 8.17. The summed E-state index contributed by atoms with van der Waals surface area (Å²) >= 11 is 0. The van der Waals surface area contributed by atoms with Gasteiger partial charge in [-0.15, -0.1) is 0 Å². The second kappa shape index (κ2) is 10.3. The summed E-state index contributed by atoms with van der Waals surface area (Å²) in [6, 6.07) is 13.5. The Morgan fingerprint density at radius 2 is 1.92 bits per heavy atom. The van der Waals surface area contributed by atoms with Gasteiger partial charge in [0.1, 0.15) is 11.6 Å². The van der Waals surface area contributed by atoms with Crippen molar-refractivity contribution in [3.05, 3.63) is 59.9 Å². The van der Waals surface area contributed by atoms with Gasteiger partial charge in [-0.25, -0.2) is 9.18 Å². The zero-order valence-corrected chi connectivity index (χ0v) is 22.2. The van der Waals surface area contributed by atoms with Gasteiger partial charge in [0.25, 0.3) is 0 Å². The molecule has 8 nitrogen and oxygen atoms in total. The number of carbonyl (C=O) groups is 3. The molecule has 0 radical (unpaired) electrons. The van der Waals surface area contributed by atoms with E-state index in [1.807, 2.05) is 38.1 Å². The lowest BCUT2D eigenvalue weighted by atomic mass is 9.80. The van der Waals surface area contributed by atoms with Crippen molar-refractivity contribution in [1.82, 2.24) is 14.7 Å². The molecule has 2 aromatic rings. The zero-order valence-electron chi connectivity index (χ0n) is 22.2. The predicted molar refractivity (Wildman–Crippen MR) is 142 cm³/mol. The molecule has 2 atom stereocenters. The van der Waals surface area contributed by atoms with Gasteiger partial charge < -0.3 is 19.4 Å². The van der Waals surface area contributed by atoms with Gasteiger partial charge in [-0.1, -0.05) is 24.3 Å². The number of ether oxygens (including phenoxy) is 1. The van der Waals surface area contributed by atoms with Gasteiger partial charge in [-0.2, -0.15) is 0 Å². The number of hydrogen-bond donors (Lipinski definition) is 0. The number of nitrogens with zero attached hydrogens (tertiary/aromatic N) is 4. The smallest absolute Gasteiger partial charge is 0.325 e. The van der Waals surface area contributed by atoms with E-state index in [0.717, 1.165) is 12.0 Å². The Morgan fingerprint density at radius 3 is 2.61 bits per heavy atom. The molecule has 5 rings (SSSR count). The predicted octanol–water partition coefficient (Wildman–Crippen LogP) is 3.86. The number of amides is 4. The van der Waals surface area contributed by atoms with Crippen molar-refractivity contribution < 1.29 is 23.5 Å². The van der Waals surface area contributed by atoms with Crippen LogP contribution in [-0.4, -0.2) is 84.0 Å². The maximum absolute atomic E-state index is 14.4. The van der Waals surface area contributed by atoms with Crippen molar-refractivity contribution in [2.45, 2.75) is 50.6 Å². The van der Waals surface area contributed by atoms with Gasteiger partial charge in [0, 0.05) is 68.8 Å². The van der Waals surface area contributed by atoms with Crippen molar-refractivity contribution in [2.24, 2.45) is 0 Å². The highest BCUT2D eigenvalue weighted by molar-refractivity contribution is 5.97. The topological polar surface area (TPSA) is 73.4 Å². The highest BCUT2D eigenvalue weighted by Crippen LogP contribution is 2.49. The number of rotatable bonds is 7. The van der Waals surface area contributed by atoms with Crippen LogP contribution in [0.1, 0.15) is 44.6 Å². The Hall–Kier alpha value is -3.62. The molecular weight excluding hydrogens is 487 g/mol. The van der Waals surface area contributed by atoms with Gasteiger partial charge in [0.15, 0.2) is 0 Å². The fourth-order valence-electron chi connectivity index (χ4n) is 6.28. The van der Waals surface area contributed by atoms with E-state index in [-0.39, 0.29) is 36.2 Å². The third-order valence-corrected chi connectivity index (χ3v) is 8.17. The molecule has 0 aromatic heterocycles. The van der Waals surface area contributed by atoms with E-state index < -0.39 is 11.4 Å². The molecule has 202 valence electrons. The Morgan fingerprint density at radius 1 is 1.13 bits per heavy atom. The van der Waals surface area contributed by atoms with Gasteiger partial charge in [-0.05, 0) is 44.5 Å². The average Bonchev–Trinajstić information content (AvgIpc) is 3.57. The summed E-state index contributed by atoms with van der Waals surface area (Å²) in [4.78, 5) is 46.6. The maximum Gasteiger partial charge on any atom is 0.325 e. The second-order valence-electron chi connectivity index (χ2n) is 10.7. The van der Waals surface area contributed by atoms with Crippen LogP contribution >= 0.6 is 0 Å². The quantitative estimate of drug-likeness (QED) is 0.554. The minimum absolute atomic E-state index is 0.0592. The molecule has 2 aromatic carbocycles. The molecule has 3 aliphatic rings. The molecule has 3 saturated heterocycles. The van der Waals surface area contributed by atoms with Crippen LogP contribution in [0.5, 0.6) is 5.75 Å². The number of anilines is 1. The van der Waals surface area contributed by atoms with Crippen LogP contribution in [0.25, 0.3) is 0 Å². The van der Waals surface area contributed by atoms with E-state index in [1.165, 1.54) is 12.1 Å². The number of halogens is 1. The first-order chi connectivity index (χ1) is 18.2. The zero-order chi connectivity index (χ0) is 27.0. The average molecular weight is 523 g/mol. The molecule has 0 unspecified atom stereocenters. The van der Waals surface area contributed by atoms with Gasteiger partial charge in [-0.3, -0.25) is 14.5 Å². The number of para-hydroxylation sites is 1. The standard InChI is InChI=1S/C29H35FN4O4/c1-20(2)33-19-29(34(28(33)37)22-9-6-8-21(30)16-22)18-32(27(36)13-15-31-14-7-12-26(31)35)17-24(29)23-10-4-5-11-25(23)38-3/h4-6,8-11,16,20,24H,7,12-15,17-19H2,1-3H3/t24-,29-/m1/s1. The molecule has 0 aliphatic carbocycles. The summed E-state index contributed by atoms with van der Waals surface area (Å²) in [6.45, 7) is 6.08. The molecule has 0 bridgehead atoms. The van der Waals surface area contributed by atoms with E-state index in [2.05, 4.69) is 0 Å². The van der Waals surface area contributed by atoms with Crippen LogP contribution in [0.2, 0.25) is 0 Å². The highest BCUT2D eigenvalue weighted by atomic mass is 19.1. The maximum atomic E-state index is 14.4. The molecule has 3 aliphatic heterocycles. The van der Waals surface area contributed by atoms with Gasteiger partial charge in [0.2, 0.25) is 11.8 Å². The summed E-state index contributed by atoms with van der Waals surface area (Å²) in [5.74, 6) is 0.0175. The summed E-state index contributed by atoms with van der Waals surface area (Å²) < 4.78 is 20.2. The lowest BCUT2D eigenvalue weighted by Gasteiger charge is -2.38. The number of hydrogen-bond acceptors (Lipinski definition) is 4. The molecular formula is C29H35FN4O4. The molecule has 1 spiro atoms. The van der Waals surface area contributed by atoms with Crippen molar-refractivity contribution in [3.8, 4) is 5.75 Å². The highest BCUT2D eigenvalue weighted by Gasteiger charge is 2.61. The molecule has 0 saturated carbocycles. The fraction of sp³-hybridized carbons (Fsp3) is 0.483. The van der Waals surface area contributed by atoms with Crippen LogP contribution in [0.15, 0.2) is 48.5 Å². The summed E-state index contributed by atoms with van der Waals surface area (Å²) in [6.07, 6.45) is 1.58. The van der Waals surface area contributed by atoms with Crippen LogP contribution in [0.4, 0.5) is 14.9 Å². The van der Waals surface area contributed by atoms with Crippen molar-refractivity contribution in [2.75, 3.05) is 44.7 Å². The van der Waals surface area contributed by atoms with Crippen LogP contribution in [0, 0.1) is 5.82 Å². The van der Waals surface area contributed by atoms with E-state index >= 15 is 0 Å². The van der Waals surface area contributed by atoms with E-state index in [1.54, 1.807) is 38.8 Å². The normalized spacial score (nSPS) is 23.4. The molecule has 3 fully saturated rings. The monoisotopic (exact) mass is 522 g/mol. The summed E-state index contributed by atoms with van der Waals surface area (Å²) in [7, 11) is 1.61. The largest absolute Gasteiger partial charge is 0.496 e. The Balaban J connectivity index is 1.56. The molecule has 9 heteroatoms. The Labute approximate surface area is 222 Å². The first-order valence-electron chi connectivity index (χ1n) is 13.3. The Bertz CT molecular complexity index is 1240. The van der Waals surface area contributed by atoms with Gasteiger partial charge >= 0.3 is 6.03 Å². The second-order valence-corrected chi connectivity index (χ2v) is 10.7. The first kappa shape index (κ1) is 26.0. The van der Waals surface area contributed by atoms with Crippen molar-refractivity contribution >= 4 is 23.5 Å². The molecule has 4 amide bonds. The van der Waals surface area contributed by atoms with Crippen molar-refractivity contribution in [3.63, 3.8) is 0 Å². The fourth-order valence-corrected chi connectivity index (χ4v) is 6.28. The summed E-state index contributed by atoms with van der Waals surface area (Å²) in [5, 5.41) is 0. The third kappa shape index (κ3) is 4.48. The lowest BCUT2D eigenvalue weighted by Crippen LogP contribution is -2.53. The number of likely N-dealkylation sites (tertiary alicyclic amines) is 2. The number of urea groups is 1. The van der Waals surface area contributed by atoms with E-state index in [0.29, 0.717) is 50.6 Å². The number of methoxy groups -OCH3 is 1. The van der Waals surface area contributed by atoms with E-state index in [4.69, 9.17) is 4.74 Å². The molecule has 38 heavy (non-hydrogen) atoms. The van der Waals surface area contributed by atoms with Crippen molar-refractivity contribution in [1.29, 1.82) is 0 Å². The first-order valence-corrected chi connectivity index (χ1v) is 13.3. The minimum Gasteiger partial charge on any atom is -0.496 e. The van der Waals surface area contributed by atoms with Gasteiger partial charge in [0.05, 0.1) is 12.6 Å². The van der Waals surface area contributed by atoms with Crippen LogP contribution < -0.4 is 9.64 Å². The number of carbonyl (C=O) groups excluding carboxylic acids is 3. The lowest BCUT2D eigenvalue weighted by molar-refractivity contribution is -0.132. The summed E-state index contributed by atoms with van der Waals surface area (Å²) in [5.41, 5.74) is 0.540. The molecule has 3 heterocycles. The van der Waals surface area contributed by atoms with E-state index in [9.17, 15) is 18.8 Å². The molecule has 0 N–H and O–H groups in total. The number of benzene rings is 2. The minimum atomic E-state index is -0.830. The SMILES string of the molecule is COc1ccccc1[C@H]1CN(C(=O)CCN2CCCC2=O)C[C@@]12CN(C(C)C)C(=O)N2c1cccc(F)c1. The van der Waals surface area contributed by atoms with Crippen LogP contribution in [-0.2, 0) is 9.59 Å². The van der Waals surface area contributed by atoms with Crippen LogP contribution in [0.3, 0.4) is 0 Å². The Kier molecular flexibility index (Phi) is 7.03.